The van der Waals surface area contributed by atoms with E-state index in [1.807, 2.05) is 7.85 Å². The van der Waals surface area contributed by atoms with Gasteiger partial charge in [0.05, 0.1) is 6.00 Å². The summed E-state index contributed by atoms with van der Waals surface area (Å²) in [5.74, 6) is 3.47. The molecule has 0 aromatic carbocycles. The average molecular weight is 268 g/mol. The summed E-state index contributed by atoms with van der Waals surface area (Å²) in [4.78, 5) is 17.9. The van der Waals surface area contributed by atoms with E-state index >= 15 is 0 Å². The van der Waals surface area contributed by atoms with E-state index in [4.69, 9.17) is 19.3 Å². The van der Waals surface area contributed by atoms with Gasteiger partial charge in [-0.2, -0.15) is 0 Å². The van der Waals surface area contributed by atoms with Crippen molar-refractivity contribution in [3.8, 4) is 12.0 Å². The molecule has 2 bridgehead atoms. The van der Waals surface area contributed by atoms with E-state index in [2.05, 4.69) is 18.6 Å². The fourth-order valence-electron chi connectivity index (χ4n) is 2.22. The quantitative estimate of drug-likeness (QED) is 0.325. The zero-order chi connectivity index (χ0) is 13.4. The number of ether oxygens (including phenoxy) is 2. The minimum Gasteiger partial charge on any atom is -0.441 e. The zero-order valence-corrected chi connectivity index (χ0v) is 10.8. The highest BCUT2D eigenvalue weighted by atomic mass is 31.2. The van der Waals surface area contributed by atoms with Gasteiger partial charge in [-0.15, -0.1) is 6.58 Å². The topological polar surface area (TPSA) is 76.0 Å². The maximum absolute atomic E-state index is 11.0. The van der Waals surface area contributed by atoms with Crippen LogP contribution in [0.3, 0.4) is 0 Å². The van der Waals surface area contributed by atoms with Gasteiger partial charge in [0.2, 0.25) is 0 Å². The van der Waals surface area contributed by atoms with Crippen LogP contribution in [-0.2, 0) is 14.0 Å². The molecule has 1 unspecified atom stereocenters. The van der Waals surface area contributed by atoms with Crippen molar-refractivity contribution in [3.05, 3.63) is 24.5 Å². The second-order valence-corrected chi connectivity index (χ2v) is 5.96. The van der Waals surface area contributed by atoms with E-state index in [-0.39, 0.29) is 18.0 Å². The third-order valence-corrected chi connectivity index (χ3v) is 3.74. The van der Waals surface area contributed by atoms with Crippen LogP contribution in [0.2, 0.25) is 0 Å². The molecule has 3 aliphatic rings. The molecule has 0 spiro atoms. The second-order valence-electron chi connectivity index (χ2n) is 4.48. The average Bonchev–Trinajstić information content (AvgIpc) is 2.54. The predicted molar refractivity (Wildman–Crippen MR) is 68.3 cm³/mol. The van der Waals surface area contributed by atoms with E-state index in [9.17, 15) is 4.57 Å². The molecule has 96 valence electrons. The first kappa shape index (κ1) is 13.4. The normalized spacial score (nSPS) is 38.7. The molecular weight excluding hydrogens is 254 g/mol. The van der Waals surface area contributed by atoms with Gasteiger partial charge in [-0.05, 0) is 18.4 Å². The lowest BCUT2D eigenvalue weighted by molar-refractivity contribution is -0.103. The van der Waals surface area contributed by atoms with E-state index < -0.39 is 13.2 Å². The molecule has 2 N–H and O–H groups in total. The Labute approximate surface area is 106 Å². The van der Waals surface area contributed by atoms with E-state index in [1.165, 1.54) is 6.08 Å². The van der Waals surface area contributed by atoms with Gasteiger partial charge in [0, 0.05) is 11.7 Å². The van der Waals surface area contributed by atoms with Crippen molar-refractivity contribution in [2.45, 2.75) is 24.1 Å². The summed E-state index contributed by atoms with van der Waals surface area (Å²) >= 11 is 0. The molecule has 7 heteroatoms. The van der Waals surface area contributed by atoms with Crippen molar-refractivity contribution in [2.75, 3.05) is 0 Å². The first-order valence-corrected chi connectivity index (χ1v) is 7.28. The molecule has 1 fully saturated rings. The summed E-state index contributed by atoms with van der Waals surface area (Å²) in [6.07, 6.45) is 6.08. The van der Waals surface area contributed by atoms with Gasteiger partial charge in [-0.1, -0.05) is 6.08 Å². The molecule has 3 aliphatic heterocycles. The Morgan fingerprint density at radius 3 is 2.89 bits per heavy atom. The van der Waals surface area contributed by atoms with Gasteiger partial charge in [0.1, 0.15) is 20.1 Å². The molecule has 3 rings (SSSR count). The van der Waals surface area contributed by atoms with Gasteiger partial charge in [0.25, 0.3) is 0 Å². The van der Waals surface area contributed by atoms with Crippen molar-refractivity contribution in [1.29, 1.82) is 0 Å². The Kier molecular flexibility index (Phi) is 3.44. The minimum absolute atomic E-state index is 0.139. The SMILES string of the molecule is BC1O[C@@]2(/C=C/P(=O)(O)O)C#CO[C@@H]1C[C@@H]2C=C. The van der Waals surface area contributed by atoms with Crippen LogP contribution in [0.25, 0.3) is 0 Å². The van der Waals surface area contributed by atoms with Crippen LogP contribution in [0.15, 0.2) is 24.5 Å². The molecule has 5 nitrogen and oxygen atoms in total. The van der Waals surface area contributed by atoms with Crippen molar-refractivity contribution < 1.29 is 23.8 Å². The summed E-state index contributed by atoms with van der Waals surface area (Å²) in [7, 11) is -2.40. The third kappa shape index (κ3) is 2.55. The van der Waals surface area contributed by atoms with Crippen LogP contribution in [0, 0.1) is 17.9 Å². The summed E-state index contributed by atoms with van der Waals surface area (Å²) in [5.41, 5.74) is -1.06. The molecule has 0 aromatic heterocycles. The molecule has 0 saturated carbocycles. The van der Waals surface area contributed by atoms with Crippen molar-refractivity contribution in [3.63, 3.8) is 0 Å². The van der Waals surface area contributed by atoms with E-state index in [0.717, 1.165) is 5.82 Å². The summed E-state index contributed by atoms with van der Waals surface area (Å²) in [6.45, 7) is 3.73. The van der Waals surface area contributed by atoms with Gasteiger partial charge in [-0.3, -0.25) is 4.57 Å². The minimum atomic E-state index is -4.25. The van der Waals surface area contributed by atoms with Crippen LogP contribution in [-0.4, -0.2) is 35.3 Å². The standard InChI is InChI=1S/C11H14BO5P/c1-2-8-7-9-10(12)17-11(8,3-5-16-9)4-6-18(13,14)15/h2,4,6,8-10H,1,7,12H2,(H2,13,14,15)/b6-4+/t8-,9+,10?,11+/m0/s1. The monoisotopic (exact) mass is 268 g/mol. The highest BCUT2D eigenvalue weighted by Gasteiger charge is 2.46. The van der Waals surface area contributed by atoms with Crippen LogP contribution < -0.4 is 0 Å². The third-order valence-electron chi connectivity index (χ3n) is 3.20. The lowest BCUT2D eigenvalue weighted by Crippen LogP contribution is -2.50. The Balaban J connectivity index is 2.40. The van der Waals surface area contributed by atoms with Gasteiger partial charge >= 0.3 is 7.60 Å². The van der Waals surface area contributed by atoms with Crippen molar-refractivity contribution in [1.82, 2.24) is 0 Å². The molecule has 0 aromatic rings. The number of hydrogen-bond acceptors (Lipinski definition) is 3. The fraction of sp³-hybridized carbons (Fsp3) is 0.455. The molecular formula is C11H14BO5P. The first-order valence-electron chi connectivity index (χ1n) is 5.60. The second kappa shape index (κ2) is 4.60. The Morgan fingerprint density at radius 2 is 2.28 bits per heavy atom. The van der Waals surface area contributed by atoms with Gasteiger partial charge in [0.15, 0.2) is 5.60 Å². The van der Waals surface area contributed by atoms with Crippen molar-refractivity contribution >= 4 is 15.4 Å². The molecule has 4 atom stereocenters. The molecule has 0 aliphatic carbocycles. The van der Waals surface area contributed by atoms with Crippen LogP contribution in [0.5, 0.6) is 0 Å². The molecule has 3 heterocycles. The Morgan fingerprint density at radius 1 is 1.56 bits per heavy atom. The fourth-order valence-corrected chi connectivity index (χ4v) is 2.64. The largest absolute Gasteiger partial charge is 0.441 e. The maximum Gasteiger partial charge on any atom is 0.348 e. The van der Waals surface area contributed by atoms with Crippen molar-refractivity contribution in [2.24, 2.45) is 5.92 Å². The van der Waals surface area contributed by atoms with Gasteiger partial charge < -0.3 is 19.3 Å². The van der Waals surface area contributed by atoms with Crippen LogP contribution in [0.4, 0.5) is 0 Å². The highest BCUT2D eigenvalue weighted by molar-refractivity contribution is 7.55. The highest BCUT2D eigenvalue weighted by Crippen LogP contribution is 2.42. The maximum atomic E-state index is 11.0. The number of fused-ring (bicyclic) bond motifs is 3. The van der Waals surface area contributed by atoms with Crippen LogP contribution in [0.1, 0.15) is 6.42 Å². The Bertz CT molecular complexity index is 487. The zero-order valence-electron chi connectivity index (χ0n) is 9.94. The molecule has 18 heavy (non-hydrogen) atoms. The van der Waals surface area contributed by atoms with Crippen LogP contribution >= 0.6 is 7.60 Å². The summed E-state index contributed by atoms with van der Waals surface area (Å²) in [5, 5.41) is 0. The predicted octanol–water partition coefficient (Wildman–Crippen LogP) is -0.0420. The van der Waals surface area contributed by atoms with E-state index in [0.29, 0.717) is 6.42 Å². The smallest absolute Gasteiger partial charge is 0.348 e. The summed E-state index contributed by atoms with van der Waals surface area (Å²) < 4.78 is 22.1. The van der Waals surface area contributed by atoms with E-state index in [1.54, 1.807) is 6.08 Å². The number of hydrogen-bond donors (Lipinski definition) is 2. The Hall–Kier alpha value is -0.985. The number of rotatable bonds is 3. The molecule has 0 amide bonds. The molecule has 0 radical (unpaired) electrons. The molecule has 1 saturated heterocycles. The summed E-state index contributed by atoms with van der Waals surface area (Å²) in [6, 6.07) is -0.204. The first-order chi connectivity index (χ1) is 8.36. The lowest BCUT2D eigenvalue weighted by atomic mass is 9.76. The lowest BCUT2D eigenvalue weighted by Gasteiger charge is -2.41. The van der Waals surface area contributed by atoms with Gasteiger partial charge in [-0.25, -0.2) is 0 Å².